The molecular formula is C19H22. The van der Waals surface area contributed by atoms with Gasteiger partial charge in [0.15, 0.2) is 0 Å². The Morgan fingerprint density at radius 2 is 1.47 bits per heavy atom. The van der Waals surface area contributed by atoms with Crippen molar-refractivity contribution in [3.8, 4) is 0 Å². The van der Waals surface area contributed by atoms with Crippen LogP contribution in [0.2, 0.25) is 0 Å². The molecule has 0 N–H and O–H groups in total. The van der Waals surface area contributed by atoms with Crippen molar-refractivity contribution in [1.82, 2.24) is 0 Å². The smallest absolute Gasteiger partial charge is 0.0231 e. The van der Waals surface area contributed by atoms with Crippen LogP contribution in [0.1, 0.15) is 31.4 Å². The number of hydrogen-bond acceptors (Lipinski definition) is 0. The Kier molecular flexibility index (Phi) is 7.04. The van der Waals surface area contributed by atoms with Gasteiger partial charge in [0.2, 0.25) is 0 Å². The molecule has 0 heteroatoms. The first-order chi connectivity index (χ1) is 9.27. The molecule has 0 heterocycles. The molecule has 0 aliphatic carbocycles. The normalized spacial score (nSPS) is 9.79. The molecule has 98 valence electrons. The Morgan fingerprint density at radius 3 is 1.95 bits per heavy atom. The van der Waals surface area contributed by atoms with Gasteiger partial charge in [0.1, 0.15) is 0 Å². The third kappa shape index (κ3) is 5.87. The Morgan fingerprint density at radius 1 is 0.947 bits per heavy atom. The molecule has 0 amide bonds. The first-order valence-corrected chi connectivity index (χ1v) is 6.68. The molecule has 0 saturated heterocycles. The highest BCUT2D eigenvalue weighted by Gasteiger charge is 1.91. The minimum Gasteiger partial charge on any atom is -0.0952 e. The summed E-state index contributed by atoms with van der Waals surface area (Å²) in [5.74, 6) is 0. The Hall–Kier alpha value is -2.08. The van der Waals surface area contributed by atoms with Gasteiger partial charge in [-0.1, -0.05) is 86.3 Å². The largest absolute Gasteiger partial charge is 0.0952 e. The maximum atomic E-state index is 3.94. The van der Waals surface area contributed by atoms with Crippen LogP contribution in [0.5, 0.6) is 0 Å². The Bertz CT molecular complexity index is 492. The SMILES string of the molecule is C=C(CC)c1ccccc1.CC=Cc1ccccc1. The summed E-state index contributed by atoms with van der Waals surface area (Å²) in [6.45, 7) is 8.08. The van der Waals surface area contributed by atoms with Crippen molar-refractivity contribution in [2.24, 2.45) is 0 Å². The molecule has 2 rings (SSSR count). The monoisotopic (exact) mass is 250 g/mol. The van der Waals surface area contributed by atoms with E-state index in [2.05, 4.69) is 43.8 Å². The van der Waals surface area contributed by atoms with Gasteiger partial charge < -0.3 is 0 Å². The van der Waals surface area contributed by atoms with Crippen molar-refractivity contribution in [3.63, 3.8) is 0 Å². The summed E-state index contributed by atoms with van der Waals surface area (Å²) in [4.78, 5) is 0. The zero-order valence-corrected chi connectivity index (χ0v) is 11.8. The van der Waals surface area contributed by atoms with Gasteiger partial charge in [-0.15, -0.1) is 0 Å². The van der Waals surface area contributed by atoms with Crippen LogP contribution in [-0.2, 0) is 0 Å². The van der Waals surface area contributed by atoms with Gasteiger partial charge in [-0.3, -0.25) is 0 Å². The molecule has 19 heavy (non-hydrogen) atoms. The van der Waals surface area contributed by atoms with E-state index in [4.69, 9.17) is 0 Å². The van der Waals surface area contributed by atoms with Crippen LogP contribution >= 0.6 is 0 Å². The zero-order valence-electron chi connectivity index (χ0n) is 11.8. The standard InChI is InChI=1S/C10H12.C9H10/c1-3-9(2)10-7-5-4-6-8-10;1-2-6-9-7-4-3-5-8-9/h4-8H,2-3H2,1H3;2-8H,1H3. The number of hydrogen-bond donors (Lipinski definition) is 0. The van der Waals surface area contributed by atoms with E-state index in [1.54, 1.807) is 0 Å². The van der Waals surface area contributed by atoms with Gasteiger partial charge in [-0.2, -0.15) is 0 Å². The first kappa shape index (κ1) is 15.0. The molecular weight excluding hydrogens is 228 g/mol. The van der Waals surface area contributed by atoms with Crippen LogP contribution < -0.4 is 0 Å². The molecule has 0 aliphatic rings. The summed E-state index contributed by atoms with van der Waals surface area (Å²) in [6, 6.07) is 20.5. The number of allylic oxidation sites excluding steroid dienone is 2. The van der Waals surface area contributed by atoms with Crippen molar-refractivity contribution >= 4 is 11.6 Å². The molecule has 0 spiro atoms. The molecule has 2 aromatic rings. The third-order valence-electron chi connectivity index (χ3n) is 2.77. The lowest BCUT2D eigenvalue weighted by Crippen LogP contribution is -1.77. The highest BCUT2D eigenvalue weighted by Crippen LogP contribution is 2.13. The van der Waals surface area contributed by atoms with Gasteiger partial charge in [-0.25, -0.2) is 0 Å². The maximum Gasteiger partial charge on any atom is -0.0231 e. The van der Waals surface area contributed by atoms with Gasteiger partial charge in [0.25, 0.3) is 0 Å². The maximum absolute atomic E-state index is 3.94. The summed E-state index contributed by atoms with van der Waals surface area (Å²) in [5.41, 5.74) is 3.73. The number of rotatable bonds is 3. The molecule has 0 fully saturated rings. The van der Waals surface area contributed by atoms with E-state index in [1.807, 2.05) is 49.4 Å². The minimum absolute atomic E-state index is 1.03. The van der Waals surface area contributed by atoms with Crippen LogP contribution in [0, 0.1) is 0 Å². The second kappa shape index (κ2) is 8.93. The van der Waals surface area contributed by atoms with Crippen molar-refractivity contribution in [2.45, 2.75) is 20.3 Å². The van der Waals surface area contributed by atoms with Crippen molar-refractivity contribution in [2.75, 3.05) is 0 Å². The molecule has 0 radical (unpaired) electrons. The molecule has 0 saturated carbocycles. The predicted octanol–water partition coefficient (Wildman–Crippen LogP) is 5.83. The average molecular weight is 250 g/mol. The van der Waals surface area contributed by atoms with E-state index >= 15 is 0 Å². The second-order valence-corrected chi connectivity index (χ2v) is 4.23. The Balaban J connectivity index is 0.000000191. The summed E-state index contributed by atoms with van der Waals surface area (Å²) in [7, 11) is 0. The Labute approximate surface area is 117 Å². The molecule has 0 aromatic heterocycles. The van der Waals surface area contributed by atoms with Crippen molar-refractivity contribution in [3.05, 3.63) is 84.4 Å². The fourth-order valence-electron chi connectivity index (χ4n) is 1.63. The quantitative estimate of drug-likeness (QED) is 0.643. The second-order valence-electron chi connectivity index (χ2n) is 4.23. The lowest BCUT2D eigenvalue weighted by molar-refractivity contribution is 1.24. The van der Waals surface area contributed by atoms with Gasteiger partial charge in [0, 0.05) is 0 Å². The summed E-state index contributed by atoms with van der Waals surface area (Å²) < 4.78 is 0. The third-order valence-corrected chi connectivity index (χ3v) is 2.77. The topological polar surface area (TPSA) is 0 Å². The van der Waals surface area contributed by atoms with Crippen LogP contribution in [-0.4, -0.2) is 0 Å². The van der Waals surface area contributed by atoms with E-state index in [0.29, 0.717) is 0 Å². The fraction of sp³-hybridized carbons (Fsp3) is 0.158. The van der Waals surface area contributed by atoms with Gasteiger partial charge in [0.05, 0.1) is 0 Å². The van der Waals surface area contributed by atoms with Crippen molar-refractivity contribution in [1.29, 1.82) is 0 Å². The highest BCUT2D eigenvalue weighted by atomic mass is 14.0. The number of benzene rings is 2. The predicted molar refractivity (Wildman–Crippen MR) is 86.9 cm³/mol. The van der Waals surface area contributed by atoms with Crippen LogP contribution in [0.25, 0.3) is 11.6 Å². The van der Waals surface area contributed by atoms with Crippen LogP contribution in [0.3, 0.4) is 0 Å². The summed E-state index contributed by atoms with van der Waals surface area (Å²) in [6.07, 6.45) is 5.15. The molecule has 0 bridgehead atoms. The lowest BCUT2D eigenvalue weighted by atomic mass is 10.1. The summed E-state index contributed by atoms with van der Waals surface area (Å²) in [5, 5.41) is 0. The average Bonchev–Trinajstić information content (AvgIpc) is 2.49. The first-order valence-electron chi connectivity index (χ1n) is 6.68. The van der Waals surface area contributed by atoms with E-state index < -0.39 is 0 Å². The molecule has 2 aromatic carbocycles. The zero-order chi connectivity index (χ0) is 13.9. The minimum atomic E-state index is 1.03. The highest BCUT2D eigenvalue weighted by molar-refractivity contribution is 5.62. The van der Waals surface area contributed by atoms with Gasteiger partial charge in [-0.05, 0) is 30.0 Å². The van der Waals surface area contributed by atoms with Crippen LogP contribution in [0.15, 0.2) is 73.3 Å². The lowest BCUT2D eigenvalue weighted by Gasteiger charge is -1.99. The fourth-order valence-corrected chi connectivity index (χ4v) is 1.63. The van der Waals surface area contributed by atoms with Crippen LogP contribution in [0.4, 0.5) is 0 Å². The van der Waals surface area contributed by atoms with Crippen molar-refractivity contribution < 1.29 is 0 Å². The molecule has 0 unspecified atom stereocenters. The molecule has 0 aliphatic heterocycles. The summed E-state index contributed by atoms with van der Waals surface area (Å²) >= 11 is 0. The molecule has 0 atom stereocenters. The van der Waals surface area contributed by atoms with Gasteiger partial charge >= 0.3 is 0 Å². The van der Waals surface area contributed by atoms with E-state index in [-0.39, 0.29) is 0 Å². The van der Waals surface area contributed by atoms with E-state index in [1.165, 1.54) is 16.7 Å². The van der Waals surface area contributed by atoms with E-state index in [0.717, 1.165) is 6.42 Å². The van der Waals surface area contributed by atoms with E-state index in [9.17, 15) is 0 Å². The molecule has 0 nitrogen and oxygen atoms in total.